The second-order valence-corrected chi connectivity index (χ2v) is 8.88. The normalized spacial score (nSPS) is 13.7. The van der Waals surface area contributed by atoms with Gasteiger partial charge in [0.2, 0.25) is 9.84 Å². The number of sulfone groups is 1. The highest BCUT2D eigenvalue weighted by atomic mass is 35.5. The van der Waals surface area contributed by atoms with Crippen LogP contribution in [0.5, 0.6) is 5.75 Å². The molecule has 0 spiro atoms. The quantitative estimate of drug-likeness (QED) is 0.660. The Morgan fingerprint density at radius 2 is 1.52 bits per heavy atom. The van der Waals surface area contributed by atoms with Crippen LogP contribution in [0.4, 0.5) is 0 Å². The van der Waals surface area contributed by atoms with Crippen molar-refractivity contribution in [2.24, 2.45) is 0 Å². The standard InChI is InChI=1S/C23H23NO3S.ClH/c25-28(26,23-10-9-19-11-13-24-14-12-20(19)15-23)22-8-4-7-21(16-22)27-17-18-5-2-1-3-6-18;/h1-10,15-16,24H,11-14,17H2;1H. The van der Waals surface area contributed by atoms with Crippen molar-refractivity contribution in [1.82, 2.24) is 5.32 Å². The van der Waals surface area contributed by atoms with Crippen molar-refractivity contribution in [2.75, 3.05) is 13.1 Å². The number of rotatable bonds is 5. The lowest BCUT2D eigenvalue weighted by Gasteiger charge is -2.11. The van der Waals surface area contributed by atoms with Crippen LogP contribution in [-0.2, 0) is 29.3 Å². The van der Waals surface area contributed by atoms with E-state index in [1.54, 1.807) is 30.3 Å². The van der Waals surface area contributed by atoms with Crippen molar-refractivity contribution in [3.63, 3.8) is 0 Å². The molecule has 0 fully saturated rings. The highest BCUT2D eigenvalue weighted by molar-refractivity contribution is 7.91. The number of hydrogen-bond donors (Lipinski definition) is 1. The van der Waals surface area contributed by atoms with Crippen LogP contribution in [0.15, 0.2) is 82.6 Å². The van der Waals surface area contributed by atoms with Crippen molar-refractivity contribution < 1.29 is 13.2 Å². The number of nitrogens with one attached hydrogen (secondary N) is 1. The Bertz CT molecular complexity index is 1070. The molecule has 1 heterocycles. The van der Waals surface area contributed by atoms with Crippen molar-refractivity contribution in [3.8, 4) is 5.75 Å². The zero-order valence-corrected chi connectivity index (χ0v) is 17.6. The highest BCUT2D eigenvalue weighted by Crippen LogP contribution is 2.27. The zero-order chi connectivity index (χ0) is 19.4. The van der Waals surface area contributed by atoms with Gasteiger partial charge in [-0.3, -0.25) is 0 Å². The maximum Gasteiger partial charge on any atom is 0.206 e. The molecule has 1 aliphatic heterocycles. The topological polar surface area (TPSA) is 55.4 Å². The molecule has 3 aromatic rings. The fraction of sp³-hybridized carbons (Fsp3) is 0.217. The van der Waals surface area contributed by atoms with E-state index in [1.807, 2.05) is 42.5 Å². The van der Waals surface area contributed by atoms with Crippen LogP contribution in [0, 0.1) is 0 Å². The maximum absolute atomic E-state index is 13.2. The van der Waals surface area contributed by atoms with Gasteiger partial charge in [0.05, 0.1) is 9.79 Å². The van der Waals surface area contributed by atoms with E-state index in [0.29, 0.717) is 17.3 Å². The number of halogens is 1. The number of fused-ring (bicyclic) bond motifs is 1. The van der Waals surface area contributed by atoms with Gasteiger partial charge in [-0.2, -0.15) is 0 Å². The number of benzene rings is 3. The summed E-state index contributed by atoms with van der Waals surface area (Å²) in [5.74, 6) is 0.545. The predicted octanol–water partition coefficient (Wildman–Crippen LogP) is 4.21. The minimum Gasteiger partial charge on any atom is -0.489 e. The summed E-state index contributed by atoms with van der Waals surface area (Å²) in [6.45, 7) is 2.20. The smallest absolute Gasteiger partial charge is 0.206 e. The molecule has 3 aromatic carbocycles. The summed E-state index contributed by atoms with van der Waals surface area (Å²) in [5, 5.41) is 3.35. The average Bonchev–Trinajstić information content (AvgIpc) is 2.98. The van der Waals surface area contributed by atoms with Gasteiger partial charge in [-0.1, -0.05) is 42.5 Å². The van der Waals surface area contributed by atoms with Gasteiger partial charge < -0.3 is 10.1 Å². The number of hydrogen-bond acceptors (Lipinski definition) is 4. The molecule has 0 saturated carbocycles. The number of ether oxygens (including phenoxy) is 1. The van der Waals surface area contributed by atoms with Gasteiger partial charge >= 0.3 is 0 Å². The van der Waals surface area contributed by atoms with Gasteiger partial charge in [-0.05, 0) is 73.0 Å². The molecule has 0 unspecified atom stereocenters. The molecule has 1 N–H and O–H groups in total. The summed E-state index contributed by atoms with van der Waals surface area (Å²) in [6.07, 6.45) is 1.78. The van der Waals surface area contributed by atoms with Crippen LogP contribution in [0.2, 0.25) is 0 Å². The fourth-order valence-electron chi connectivity index (χ4n) is 3.43. The summed E-state index contributed by atoms with van der Waals surface area (Å²) in [5.41, 5.74) is 3.38. The maximum atomic E-state index is 13.2. The SMILES string of the molecule is Cl.O=S(=O)(c1cccc(OCc2ccccc2)c1)c1ccc2c(c1)CCNCC2. The second kappa shape index (κ2) is 9.44. The third-order valence-corrected chi connectivity index (χ3v) is 6.74. The van der Waals surface area contributed by atoms with Gasteiger partial charge in [0, 0.05) is 0 Å². The average molecular weight is 430 g/mol. The highest BCUT2D eigenvalue weighted by Gasteiger charge is 2.20. The lowest BCUT2D eigenvalue weighted by molar-refractivity contribution is 0.305. The van der Waals surface area contributed by atoms with E-state index in [1.165, 1.54) is 5.56 Å². The molecule has 152 valence electrons. The molecule has 0 radical (unpaired) electrons. The minimum atomic E-state index is -3.59. The van der Waals surface area contributed by atoms with Crippen molar-refractivity contribution in [1.29, 1.82) is 0 Å². The molecule has 1 aliphatic rings. The molecule has 0 amide bonds. The molecule has 0 atom stereocenters. The Kier molecular flexibility index (Phi) is 6.96. The Labute approximate surface area is 178 Å². The van der Waals surface area contributed by atoms with E-state index in [4.69, 9.17) is 4.74 Å². The van der Waals surface area contributed by atoms with E-state index in [0.717, 1.165) is 37.1 Å². The summed E-state index contributed by atoms with van der Waals surface area (Å²) >= 11 is 0. The van der Waals surface area contributed by atoms with E-state index < -0.39 is 9.84 Å². The summed E-state index contributed by atoms with van der Waals surface area (Å²) in [4.78, 5) is 0.595. The zero-order valence-electron chi connectivity index (χ0n) is 16.0. The molecule has 0 bridgehead atoms. The van der Waals surface area contributed by atoms with Crippen LogP contribution in [-0.4, -0.2) is 21.5 Å². The third-order valence-electron chi connectivity index (χ3n) is 4.99. The lowest BCUT2D eigenvalue weighted by Crippen LogP contribution is -2.16. The first-order valence-corrected chi connectivity index (χ1v) is 11.0. The molecule has 0 aliphatic carbocycles. The van der Waals surface area contributed by atoms with E-state index in [9.17, 15) is 8.42 Å². The van der Waals surface area contributed by atoms with E-state index in [-0.39, 0.29) is 17.3 Å². The molecule has 6 heteroatoms. The molecule has 4 nitrogen and oxygen atoms in total. The largest absolute Gasteiger partial charge is 0.489 e. The summed E-state index contributed by atoms with van der Waals surface area (Å²) in [7, 11) is -3.59. The Morgan fingerprint density at radius 3 is 2.31 bits per heavy atom. The van der Waals surface area contributed by atoms with Gasteiger partial charge in [-0.25, -0.2) is 8.42 Å². The van der Waals surface area contributed by atoms with E-state index in [2.05, 4.69) is 5.32 Å². The second-order valence-electron chi connectivity index (χ2n) is 6.93. The summed E-state index contributed by atoms with van der Waals surface area (Å²) in [6, 6.07) is 22.0. The first-order chi connectivity index (χ1) is 13.6. The van der Waals surface area contributed by atoms with Crippen LogP contribution in [0.3, 0.4) is 0 Å². The lowest BCUT2D eigenvalue weighted by atomic mass is 10.0. The van der Waals surface area contributed by atoms with Gasteiger partial charge in [0.15, 0.2) is 0 Å². The van der Waals surface area contributed by atoms with Gasteiger partial charge in [0.1, 0.15) is 12.4 Å². The van der Waals surface area contributed by atoms with Crippen LogP contribution < -0.4 is 10.1 Å². The Balaban J connectivity index is 0.00000240. The molecule has 0 aromatic heterocycles. The minimum absolute atomic E-state index is 0. The van der Waals surface area contributed by atoms with Crippen LogP contribution in [0.25, 0.3) is 0 Å². The van der Waals surface area contributed by atoms with E-state index >= 15 is 0 Å². The molecular weight excluding hydrogens is 406 g/mol. The third kappa shape index (κ3) is 4.99. The van der Waals surface area contributed by atoms with Crippen LogP contribution >= 0.6 is 12.4 Å². The van der Waals surface area contributed by atoms with Crippen molar-refractivity contribution in [3.05, 3.63) is 89.5 Å². The van der Waals surface area contributed by atoms with Crippen LogP contribution in [0.1, 0.15) is 16.7 Å². The fourth-order valence-corrected chi connectivity index (χ4v) is 4.77. The predicted molar refractivity (Wildman–Crippen MR) is 117 cm³/mol. The van der Waals surface area contributed by atoms with Gasteiger partial charge in [0.25, 0.3) is 0 Å². The summed E-state index contributed by atoms with van der Waals surface area (Å²) < 4.78 is 32.1. The molecule has 0 saturated heterocycles. The molecular formula is C23H24ClNO3S. The Morgan fingerprint density at radius 1 is 0.793 bits per heavy atom. The molecule has 4 rings (SSSR count). The van der Waals surface area contributed by atoms with Gasteiger partial charge in [-0.15, -0.1) is 12.4 Å². The monoisotopic (exact) mass is 429 g/mol. The van der Waals surface area contributed by atoms with Crippen molar-refractivity contribution >= 4 is 22.2 Å². The Hall–Kier alpha value is -2.34. The van der Waals surface area contributed by atoms with Crippen molar-refractivity contribution in [2.45, 2.75) is 29.2 Å². The molecule has 29 heavy (non-hydrogen) atoms. The first kappa shape index (κ1) is 21.4. The first-order valence-electron chi connectivity index (χ1n) is 9.47.